The van der Waals surface area contributed by atoms with Gasteiger partial charge in [-0.05, 0) is 12.8 Å². The van der Waals surface area contributed by atoms with Crippen LogP contribution >= 0.6 is 0 Å². The van der Waals surface area contributed by atoms with Gasteiger partial charge in [-0.2, -0.15) is 0 Å². The van der Waals surface area contributed by atoms with E-state index >= 15 is 35.1 Å². The van der Waals surface area contributed by atoms with Gasteiger partial charge < -0.3 is 0 Å². The Labute approximate surface area is 503 Å². The van der Waals surface area contributed by atoms with E-state index in [0.717, 1.165) is 0 Å². The Bertz CT molecular complexity index is 2620. The minimum absolute atomic E-state index is 1.18. The van der Waals surface area contributed by atoms with E-state index in [4.69, 9.17) is 0 Å². The average Bonchev–Trinajstić information content (AvgIpc) is 0.755. The van der Waals surface area contributed by atoms with Crippen LogP contribution in [0.1, 0.15) is 219 Å². The summed E-state index contributed by atoms with van der Waals surface area (Å²) >= 11 is 0. The molecule has 0 radical (unpaired) electrons. The maximum Gasteiger partial charge on any atom is 0.204 e. The van der Waals surface area contributed by atoms with Crippen molar-refractivity contribution in [3.05, 3.63) is 147 Å². The van der Waals surface area contributed by atoms with Crippen LogP contribution in [0.25, 0.3) is 0 Å². The molecule has 0 aromatic heterocycles. The Kier molecular flexibility index (Phi) is 32.5. The van der Waals surface area contributed by atoms with E-state index < -0.39 is 144 Å². The fraction of sp³-hybridized carbons (Fsp3) is 0.530. The van der Waals surface area contributed by atoms with Gasteiger partial charge in [-0.3, -0.25) is 0 Å². The van der Waals surface area contributed by atoms with Crippen LogP contribution in [0.15, 0.2) is 30.3 Å². The number of halogens is 20. The number of hydrogen-bond acceptors (Lipinski definition) is 0. The summed E-state index contributed by atoms with van der Waals surface area (Å²) in [5.74, 6) is -71.4. The molecule has 88 heavy (non-hydrogen) atoms. The molecule has 0 fully saturated rings. The molecule has 0 unspecified atom stereocenters. The van der Waals surface area contributed by atoms with Gasteiger partial charge in [0, 0.05) is 25.0 Å². The predicted molar refractivity (Wildman–Crippen MR) is 306 cm³/mol. The van der Waals surface area contributed by atoms with E-state index in [2.05, 4.69) is 55.0 Å². The number of para-hydroxylation sites is 1. The Balaban J connectivity index is 0.000000377. The first kappa shape index (κ1) is 74.9. The van der Waals surface area contributed by atoms with Gasteiger partial charge in [-0.15, -0.1) is 21.9 Å². The third-order valence-electron chi connectivity index (χ3n) is 16.2. The van der Waals surface area contributed by atoms with Crippen LogP contribution in [0.3, 0.4) is 0 Å². The molecule has 0 aliphatic rings. The molecule has 0 amide bonds. The number of unbranched alkanes of at least 4 members (excludes halogenated alkanes) is 30. The van der Waals surface area contributed by atoms with Crippen molar-refractivity contribution in [1.29, 1.82) is 0 Å². The van der Waals surface area contributed by atoms with E-state index in [1.54, 1.807) is 0 Å². The summed E-state index contributed by atoms with van der Waals surface area (Å²) in [5, 5.41) is 0. The van der Waals surface area contributed by atoms with Crippen molar-refractivity contribution in [2.45, 2.75) is 219 Å². The highest BCUT2D eigenvalue weighted by Crippen LogP contribution is 2.31. The number of rotatable bonds is 38. The summed E-state index contributed by atoms with van der Waals surface area (Å²) < 4.78 is 297. The van der Waals surface area contributed by atoms with Crippen LogP contribution in [0.5, 0.6) is 0 Å². The van der Waals surface area contributed by atoms with Crippen molar-refractivity contribution in [1.82, 2.24) is 0 Å². The second kappa shape index (κ2) is 38.2. The van der Waals surface area contributed by atoms with Gasteiger partial charge in [0.2, 0.25) is 5.69 Å². The SMILES string of the molecule is CCCCCCCCCCCCCCCCCC=[N+](CCCCCCCCCCCCCCCCCC)c1ccccc1.Fc1c(F)c(F)c([B-](c2c(F)c(F)c(F)c(F)c2F)(c2c(F)c(F)c(F)c(F)c2F)c2c(F)c(F)c(F)c(F)c2F)c(F)c1F. The van der Waals surface area contributed by atoms with Gasteiger partial charge in [0.05, 0.1) is 0 Å². The quantitative estimate of drug-likeness (QED) is 0.00705. The number of nitrogens with zero attached hydrogens (tertiary/aromatic N) is 1. The van der Waals surface area contributed by atoms with Crippen LogP contribution in [0.2, 0.25) is 0 Å². The molecule has 0 aliphatic carbocycles. The lowest BCUT2D eigenvalue weighted by Gasteiger charge is -2.44. The van der Waals surface area contributed by atoms with Crippen molar-refractivity contribution in [3.63, 3.8) is 0 Å². The normalized spacial score (nSPS) is 12.0. The molecule has 0 N–H and O–H groups in total. The second-order valence-electron chi connectivity index (χ2n) is 22.6. The van der Waals surface area contributed by atoms with E-state index in [-0.39, 0.29) is 0 Å². The van der Waals surface area contributed by atoms with Crippen molar-refractivity contribution in [2.24, 2.45) is 0 Å². The van der Waals surface area contributed by atoms with E-state index in [9.17, 15) is 52.7 Å². The molecule has 0 spiro atoms. The highest BCUT2D eigenvalue weighted by Gasteiger charge is 2.52. The van der Waals surface area contributed by atoms with Crippen molar-refractivity contribution in [2.75, 3.05) is 6.54 Å². The summed E-state index contributed by atoms with van der Waals surface area (Å²) in [5.41, 5.74) is -13.0. The van der Waals surface area contributed by atoms with E-state index in [0.29, 0.717) is 0 Å². The first-order valence-electron chi connectivity index (χ1n) is 31.0. The summed E-state index contributed by atoms with van der Waals surface area (Å²) in [6, 6.07) is 11.1. The Morgan fingerprint density at radius 3 is 0.670 bits per heavy atom. The zero-order valence-corrected chi connectivity index (χ0v) is 49.9. The molecule has 490 valence electrons. The number of benzene rings is 5. The van der Waals surface area contributed by atoms with Crippen LogP contribution in [-0.4, -0.2) is 23.5 Å². The lowest BCUT2D eigenvalue weighted by molar-refractivity contribution is -0.437. The molecule has 22 heteroatoms. The standard InChI is InChI=1S/C42H78N.C24BF20/c1-3-5-7-9-11-13-15-17-19-21-23-25-27-29-31-36-40-43(42-38-34-33-35-39-42)41-37-32-30-28-26-24-22-20-18-16-14-12-10-8-6-4-2;26-5-1(6(27)14(35)21(42)13(5)34)25(2-7(28)15(36)22(43)16(37)8(2)29,3-9(30)17(38)23(44)18(39)10(3)31)4-11(32)19(40)24(45)20(41)12(4)33/h33-35,38-40H,3-32,36-37,41H2,1-2H3;/q+1;-1. The van der Waals surface area contributed by atoms with E-state index in [1.165, 1.54) is 218 Å². The molecular formula is C66H78BF20N. The number of hydrogen-bond donors (Lipinski definition) is 0. The second-order valence-corrected chi connectivity index (χ2v) is 22.6. The first-order valence-corrected chi connectivity index (χ1v) is 31.0. The zero-order chi connectivity index (χ0) is 65.1. The highest BCUT2D eigenvalue weighted by atomic mass is 19.2. The maximum atomic E-state index is 15.4. The highest BCUT2D eigenvalue weighted by molar-refractivity contribution is 7.20. The lowest BCUT2D eigenvalue weighted by Crippen LogP contribution is -2.81. The molecule has 0 aliphatic heterocycles. The molecule has 1 nitrogen and oxygen atoms in total. The van der Waals surface area contributed by atoms with Crippen LogP contribution in [0.4, 0.5) is 93.5 Å². The van der Waals surface area contributed by atoms with Gasteiger partial charge >= 0.3 is 0 Å². The molecule has 0 bridgehead atoms. The summed E-state index contributed by atoms with van der Waals surface area (Å²) in [6.45, 7) is 5.80. The fourth-order valence-corrected chi connectivity index (χ4v) is 11.4. The van der Waals surface area contributed by atoms with Crippen LogP contribution in [0, 0.1) is 116 Å². The monoisotopic (exact) mass is 1280 g/mol. The van der Waals surface area contributed by atoms with E-state index in [1.807, 2.05) is 0 Å². The van der Waals surface area contributed by atoms with Gasteiger partial charge in [0.1, 0.15) is 65.4 Å². The van der Waals surface area contributed by atoms with Gasteiger partial charge in [-0.25, -0.2) is 92.4 Å². The molecule has 0 atom stereocenters. The third-order valence-corrected chi connectivity index (χ3v) is 16.2. The van der Waals surface area contributed by atoms with Gasteiger partial charge in [-0.1, -0.05) is 212 Å². The maximum absolute atomic E-state index is 15.4. The summed E-state index contributed by atoms with van der Waals surface area (Å²) in [4.78, 5) is 0. The minimum atomic E-state index is -7.22. The van der Waals surface area contributed by atoms with Gasteiger partial charge in [0.15, 0.2) is 69.8 Å². The minimum Gasteiger partial charge on any atom is -0.207 e. The first-order chi connectivity index (χ1) is 42.1. The molecule has 0 saturated heterocycles. The average molecular weight is 1280 g/mol. The molecule has 0 saturated carbocycles. The largest absolute Gasteiger partial charge is 0.207 e. The molecule has 5 rings (SSSR count). The Morgan fingerprint density at radius 2 is 0.443 bits per heavy atom. The topological polar surface area (TPSA) is 3.01 Å². The lowest BCUT2D eigenvalue weighted by atomic mass is 9.12. The summed E-state index contributed by atoms with van der Waals surface area (Å²) in [6.07, 6.45) is 41.1. The molecule has 5 aromatic rings. The van der Waals surface area contributed by atoms with Crippen LogP contribution < -0.4 is 21.9 Å². The predicted octanol–water partition coefficient (Wildman–Crippen LogP) is 20.8. The Hall–Kier alpha value is -5.57. The molecular weight excluding hydrogens is 1200 g/mol. The smallest absolute Gasteiger partial charge is 0.204 e. The Morgan fingerprint density at radius 1 is 0.250 bits per heavy atom. The van der Waals surface area contributed by atoms with Crippen molar-refractivity contribution >= 4 is 39.9 Å². The van der Waals surface area contributed by atoms with Gasteiger partial charge in [0.25, 0.3) is 0 Å². The third kappa shape index (κ3) is 19.2. The zero-order valence-electron chi connectivity index (χ0n) is 49.9. The van der Waals surface area contributed by atoms with Crippen molar-refractivity contribution < 1.29 is 92.4 Å². The fourth-order valence-electron chi connectivity index (χ4n) is 11.4. The summed E-state index contributed by atoms with van der Waals surface area (Å²) in [7, 11) is 0. The van der Waals surface area contributed by atoms with Crippen molar-refractivity contribution in [3.8, 4) is 0 Å². The molecule has 5 aromatic carbocycles. The van der Waals surface area contributed by atoms with Crippen LogP contribution in [-0.2, 0) is 0 Å². The molecule has 0 heterocycles.